The number of hydrogen-bond donors (Lipinski definition) is 1. The zero-order valence-electron chi connectivity index (χ0n) is 13.0. The van der Waals surface area contributed by atoms with Crippen LogP contribution in [0.15, 0.2) is 18.2 Å². The normalized spacial score (nSPS) is 13.1. The third kappa shape index (κ3) is 4.19. The van der Waals surface area contributed by atoms with Gasteiger partial charge in [0.1, 0.15) is 5.54 Å². The molecule has 0 radical (unpaired) electrons. The van der Waals surface area contributed by atoms with E-state index in [9.17, 15) is 14.9 Å². The van der Waals surface area contributed by atoms with Crippen molar-refractivity contribution in [1.82, 2.24) is 5.32 Å². The lowest BCUT2D eigenvalue weighted by Gasteiger charge is -2.27. The van der Waals surface area contributed by atoms with Gasteiger partial charge in [0.05, 0.1) is 11.0 Å². The number of aryl methyl sites for hydroxylation is 1. The van der Waals surface area contributed by atoms with E-state index in [-0.39, 0.29) is 17.4 Å². The van der Waals surface area contributed by atoms with Gasteiger partial charge >= 0.3 is 5.69 Å². The van der Waals surface area contributed by atoms with E-state index in [0.717, 1.165) is 5.56 Å². The number of nitrogens with zero attached hydrogens (tertiary/aromatic N) is 2. The molecule has 0 heterocycles. The van der Waals surface area contributed by atoms with Crippen LogP contribution < -0.4 is 10.1 Å². The Balaban J connectivity index is 2.77. The van der Waals surface area contributed by atoms with Gasteiger partial charge in [-0.25, -0.2) is 0 Å². The minimum absolute atomic E-state index is 0.0222. The fraction of sp³-hybridized carbons (Fsp3) is 0.467. The highest BCUT2D eigenvalue weighted by atomic mass is 16.6. The van der Waals surface area contributed by atoms with Gasteiger partial charge in [-0.1, -0.05) is 19.9 Å². The number of hydrogen-bond acceptors (Lipinski definition) is 5. The summed E-state index contributed by atoms with van der Waals surface area (Å²) in [5.74, 6) is -0.572. The summed E-state index contributed by atoms with van der Waals surface area (Å²) in [7, 11) is 0. The van der Waals surface area contributed by atoms with Crippen molar-refractivity contribution in [2.75, 3.05) is 6.61 Å². The Morgan fingerprint density at radius 1 is 1.55 bits per heavy atom. The van der Waals surface area contributed by atoms with Crippen molar-refractivity contribution in [3.05, 3.63) is 33.9 Å². The number of amides is 1. The van der Waals surface area contributed by atoms with E-state index in [1.54, 1.807) is 19.9 Å². The molecule has 7 heteroatoms. The molecule has 1 atom stereocenters. The first kappa shape index (κ1) is 17.4. The average molecular weight is 305 g/mol. The van der Waals surface area contributed by atoms with E-state index >= 15 is 0 Å². The number of carbonyl (C=O) groups excluding carboxylic acids is 1. The Morgan fingerprint density at radius 3 is 2.68 bits per heavy atom. The van der Waals surface area contributed by atoms with E-state index in [2.05, 4.69) is 5.32 Å². The van der Waals surface area contributed by atoms with Crippen molar-refractivity contribution in [2.24, 2.45) is 5.92 Å². The van der Waals surface area contributed by atoms with Crippen molar-refractivity contribution in [3.63, 3.8) is 0 Å². The largest absolute Gasteiger partial charge is 0.477 e. The quantitative estimate of drug-likeness (QED) is 0.641. The molecule has 7 nitrogen and oxygen atoms in total. The number of nitro groups is 1. The molecule has 0 aliphatic rings. The van der Waals surface area contributed by atoms with Crippen LogP contribution in [0.5, 0.6) is 5.75 Å². The van der Waals surface area contributed by atoms with Gasteiger partial charge < -0.3 is 10.1 Å². The Bertz CT molecular complexity index is 622. The lowest BCUT2D eigenvalue weighted by atomic mass is 9.90. The first-order chi connectivity index (χ1) is 10.2. The van der Waals surface area contributed by atoms with Crippen LogP contribution in [0.4, 0.5) is 5.69 Å². The van der Waals surface area contributed by atoms with Crippen LogP contribution in [-0.4, -0.2) is 23.0 Å². The standard InChI is InChI=1S/C15H19N3O4/c1-10(2)15(4,9-16)17-14(19)8-22-13-6-5-11(3)7-12(13)18(20)21/h5-7,10H,8H2,1-4H3,(H,17,19)/t15-/m0/s1. The fourth-order valence-corrected chi connectivity index (χ4v) is 1.66. The minimum Gasteiger partial charge on any atom is -0.477 e. The molecule has 0 saturated carbocycles. The first-order valence-corrected chi connectivity index (χ1v) is 6.79. The third-order valence-electron chi connectivity index (χ3n) is 3.46. The molecule has 118 valence electrons. The second kappa shape index (κ2) is 6.89. The molecule has 0 bridgehead atoms. The highest BCUT2D eigenvalue weighted by molar-refractivity contribution is 5.79. The predicted molar refractivity (Wildman–Crippen MR) is 80.3 cm³/mol. The molecule has 0 fully saturated rings. The molecule has 22 heavy (non-hydrogen) atoms. The van der Waals surface area contributed by atoms with E-state index in [0.29, 0.717) is 0 Å². The maximum absolute atomic E-state index is 11.9. The zero-order valence-corrected chi connectivity index (χ0v) is 13.0. The first-order valence-electron chi connectivity index (χ1n) is 6.79. The molecule has 0 aliphatic heterocycles. The molecule has 1 aromatic rings. The van der Waals surface area contributed by atoms with Crippen LogP contribution in [0.2, 0.25) is 0 Å². The Hall–Kier alpha value is -2.62. The molecular weight excluding hydrogens is 286 g/mol. The van der Waals surface area contributed by atoms with Gasteiger partial charge in [0.25, 0.3) is 5.91 Å². The summed E-state index contributed by atoms with van der Waals surface area (Å²) >= 11 is 0. The fourth-order valence-electron chi connectivity index (χ4n) is 1.66. The number of ether oxygens (including phenoxy) is 1. The smallest absolute Gasteiger partial charge is 0.311 e. The second-order valence-electron chi connectivity index (χ2n) is 5.53. The maximum atomic E-state index is 11.9. The van der Waals surface area contributed by atoms with Crippen LogP contribution in [0.25, 0.3) is 0 Å². The topological polar surface area (TPSA) is 105 Å². The molecular formula is C15H19N3O4. The summed E-state index contributed by atoms with van der Waals surface area (Å²) < 4.78 is 5.22. The lowest BCUT2D eigenvalue weighted by molar-refractivity contribution is -0.385. The number of rotatable bonds is 6. The van der Waals surface area contributed by atoms with E-state index in [4.69, 9.17) is 10.00 Å². The van der Waals surface area contributed by atoms with Gasteiger partial charge in [-0.2, -0.15) is 5.26 Å². The summed E-state index contributed by atoms with van der Waals surface area (Å²) in [4.78, 5) is 22.3. The molecule has 1 rings (SSSR count). The second-order valence-corrected chi connectivity index (χ2v) is 5.53. The Morgan fingerprint density at radius 2 is 2.18 bits per heavy atom. The molecule has 0 spiro atoms. The molecule has 0 saturated heterocycles. The minimum atomic E-state index is -1.01. The third-order valence-corrected chi connectivity index (χ3v) is 3.46. The molecule has 1 amide bonds. The average Bonchev–Trinajstić information content (AvgIpc) is 2.45. The number of benzene rings is 1. The number of nitrogens with one attached hydrogen (secondary N) is 1. The van der Waals surface area contributed by atoms with E-state index in [1.165, 1.54) is 12.1 Å². The van der Waals surface area contributed by atoms with Gasteiger partial charge in [-0.05, 0) is 31.4 Å². The molecule has 0 aromatic heterocycles. The highest BCUT2D eigenvalue weighted by Gasteiger charge is 2.30. The summed E-state index contributed by atoms with van der Waals surface area (Å²) in [5.41, 5.74) is -0.486. The highest BCUT2D eigenvalue weighted by Crippen LogP contribution is 2.27. The summed E-state index contributed by atoms with van der Waals surface area (Å²) in [6.45, 7) is 6.58. The summed E-state index contributed by atoms with van der Waals surface area (Å²) in [6, 6.07) is 6.54. The molecule has 1 N–H and O–H groups in total. The van der Waals surface area contributed by atoms with Gasteiger partial charge in [0, 0.05) is 6.07 Å². The SMILES string of the molecule is Cc1ccc(OCC(=O)N[C@@](C)(C#N)C(C)C)c([N+](=O)[O-])c1. The van der Waals surface area contributed by atoms with Crippen LogP contribution in [0, 0.1) is 34.3 Å². The monoisotopic (exact) mass is 305 g/mol. The predicted octanol–water partition coefficient (Wildman–Crippen LogP) is 2.34. The summed E-state index contributed by atoms with van der Waals surface area (Å²) in [6.07, 6.45) is 0. The Kier molecular flexibility index (Phi) is 5.46. The van der Waals surface area contributed by atoms with Crippen molar-refractivity contribution in [2.45, 2.75) is 33.2 Å². The molecule has 0 unspecified atom stereocenters. The van der Waals surface area contributed by atoms with Crippen LogP contribution in [0.3, 0.4) is 0 Å². The zero-order chi connectivity index (χ0) is 16.9. The van der Waals surface area contributed by atoms with Gasteiger partial charge in [-0.15, -0.1) is 0 Å². The van der Waals surface area contributed by atoms with Gasteiger partial charge in [0.15, 0.2) is 12.4 Å². The number of nitriles is 1. The van der Waals surface area contributed by atoms with Gasteiger partial charge in [-0.3, -0.25) is 14.9 Å². The van der Waals surface area contributed by atoms with Crippen LogP contribution >= 0.6 is 0 Å². The van der Waals surface area contributed by atoms with Crippen LogP contribution in [0.1, 0.15) is 26.3 Å². The lowest BCUT2D eigenvalue weighted by Crippen LogP contribution is -2.50. The Labute approximate surface area is 129 Å². The van der Waals surface area contributed by atoms with E-state index in [1.807, 2.05) is 19.9 Å². The molecule has 0 aliphatic carbocycles. The van der Waals surface area contributed by atoms with Gasteiger partial charge in [0.2, 0.25) is 0 Å². The number of nitro benzene ring substituents is 1. The number of carbonyl (C=O) groups is 1. The maximum Gasteiger partial charge on any atom is 0.311 e. The molecule has 1 aromatic carbocycles. The van der Waals surface area contributed by atoms with Crippen molar-refractivity contribution in [1.29, 1.82) is 5.26 Å². The van der Waals surface area contributed by atoms with Crippen molar-refractivity contribution >= 4 is 11.6 Å². The summed E-state index contributed by atoms with van der Waals surface area (Å²) in [5, 5.41) is 22.7. The van der Waals surface area contributed by atoms with Crippen molar-refractivity contribution in [3.8, 4) is 11.8 Å². The van der Waals surface area contributed by atoms with E-state index < -0.39 is 23.0 Å². The van der Waals surface area contributed by atoms with Crippen molar-refractivity contribution < 1.29 is 14.5 Å². The van der Waals surface area contributed by atoms with Crippen LogP contribution in [-0.2, 0) is 4.79 Å².